The maximum absolute atomic E-state index is 12.0. The third-order valence-electron chi connectivity index (χ3n) is 3.61. The smallest absolute Gasteiger partial charge is 0.263 e. The lowest BCUT2D eigenvalue weighted by molar-refractivity contribution is 0.0945. The van der Waals surface area contributed by atoms with E-state index in [4.69, 9.17) is 4.74 Å². The molecule has 0 aliphatic carbocycles. The minimum atomic E-state index is -0.407. The summed E-state index contributed by atoms with van der Waals surface area (Å²) in [6, 6.07) is 12.7. The lowest BCUT2D eigenvalue weighted by Gasteiger charge is -2.09. The standard InChI is InChI=1S/C18H17N3O3/c1-21-11-4-7-14(18(21)23)17(22)20-10-12-24-15-8-2-5-13-6-3-9-19-16(13)15/h2-9,11H,10,12H2,1H3,(H,20,22). The Hall–Kier alpha value is -3.15. The first-order valence-electron chi connectivity index (χ1n) is 7.57. The number of carbonyl (C=O) groups excluding carboxylic acids is 1. The van der Waals surface area contributed by atoms with E-state index in [1.807, 2.05) is 30.3 Å². The number of aryl methyl sites for hydroxylation is 1. The second-order valence-electron chi connectivity index (χ2n) is 5.27. The number of fused-ring (bicyclic) bond motifs is 1. The lowest BCUT2D eigenvalue weighted by atomic mass is 10.2. The summed E-state index contributed by atoms with van der Waals surface area (Å²) in [4.78, 5) is 28.2. The zero-order valence-electron chi connectivity index (χ0n) is 13.2. The summed E-state index contributed by atoms with van der Waals surface area (Å²) >= 11 is 0. The number of para-hydroxylation sites is 1. The molecule has 3 rings (SSSR count). The van der Waals surface area contributed by atoms with E-state index in [9.17, 15) is 9.59 Å². The highest BCUT2D eigenvalue weighted by atomic mass is 16.5. The maximum atomic E-state index is 12.0. The van der Waals surface area contributed by atoms with Crippen LogP contribution in [0.3, 0.4) is 0 Å². The van der Waals surface area contributed by atoms with E-state index in [-0.39, 0.29) is 17.7 Å². The molecule has 6 nitrogen and oxygen atoms in total. The van der Waals surface area contributed by atoms with Crippen LogP contribution in [0.15, 0.2) is 59.7 Å². The fourth-order valence-corrected chi connectivity index (χ4v) is 2.38. The second-order valence-corrected chi connectivity index (χ2v) is 5.27. The van der Waals surface area contributed by atoms with Crippen LogP contribution in [-0.4, -0.2) is 28.6 Å². The monoisotopic (exact) mass is 323 g/mol. The molecule has 1 aromatic carbocycles. The molecule has 2 heterocycles. The van der Waals surface area contributed by atoms with E-state index in [1.165, 1.54) is 10.6 Å². The Morgan fingerprint density at radius 3 is 2.92 bits per heavy atom. The molecule has 0 spiro atoms. The van der Waals surface area contributed by atoms with E-state index >= 15 is 0 Å². The van der Waals surface area contributed by atoms with Crippen LogP contribution in [0.25, 0.3) is 10.9 Å². The number of pyridine rings is 2. The van der Waals surface area contributed by atoms with Crippen LogP contribution >= 0.6 is 0 Å². The van der Waals surface area contributed by atoms with Crippen LogP contribution in [0.1, 0.15) is 10.4 Å². The van der Waals surface area contributed by atoms with E-state index in [1.54, 1.807) is 25.5 Å². The first kappa shape index (κ1) is 15.7. The molecule has 2 aromatic heterocycles. The maximum Gasteiger partial charge on any atom is 0.263 e. The Morgan fingerprint density at radius 1 is 1.21 bits per heavy atom. The third-order valence-corrected chi connectivity index (χ3v) is 3.61. The predicted octanol–water partition coefficient (Wildman–Crippen LogP) is 1.74. The van der Waals surface area contributed by atoms with E-state index in [0.29, 0.717) is 12.3 Å². The Morgan fingerprint density at radius 2 is 2.04 bits per heavy atom. The van der Waals surface area contributed by atoms with Gasteiger partial charge in [-0.15, -0.1) is 0 Å². The Balaban J connectivity index is 1.60. The second kappa shape index (κ2) is 6.95. The number of aromatic nitrogens is 2. The highest BCUT2D eigenvalue weighted by Crippen LogP contribution is 2.22. The topological polar surface area (TPSA) is 73.2 Å². The van der Waals surface area contributed by atoms with Gasteiger partial charge in [0.1, 0.15) is 23.4 Å². The van der Waals surface area contributed by atoms with Gasteiger partial charge in [-0.2, -0.15) is 0 Å². The van der Waals surface area contributed by atoms with Gasteiger partial charge in [0.05, 0.1) is 6.54 Å². The molecule has 0 atom stereocenters. The van der Waals surface area contributed by atoms with Gasteiger partial charge in [-0.1, -0.05) is 18.2 Å². The van der Waals surface area contributed by atoms with Gasteiger partial charge in [0.15, 0.2) is 0 Å². The summed E-state index contributed by atoms with van der Waals surface area (Å²) in [5.41, 5.74) is 0.573. The Bertz CT molecular complexity index is 929. The van der Waals surface area contributed by atoms with Gasteiger partial charge in [-0.25, -0.2) is 0 Å². The number of carbonyl (C=O) groups is 1. The number of ether oxygens (including phenoxy) is 1. The van der Waals surface area contributed by atoms with Gasteiger partial charge >= 0.3 is 0 Å². The molecule has 24 heavy (non-hydrogen) atoms. The molecule has 3 aromatic rings. The fourth-order valence-electron chi connectivity index (χ4n) is 2.38. The van der Waals surface area contributed by atoms with Crippen molar-refractivity contribution in [1.82, 2.24) is 14.9 Å². The van der Waals surface area contributed by atoms with E-state index in [0.717, 1.165) is 10.9 Å². The Kier molecular flexibility index (Phi) is 4.56. The minimum absolute atomic E-state index is 0.117. The van der Waals surface area contributed by atoms with Crippen molar-refractivity contribution >= 4 is 16.8 Å². The Labute approximate surface area is 138 Å². The number of amides is 1. The van der Waals surface area contributed by atoms with Crippen molar-refractivity contribution < 1.29 is 9.53 Å². The van der Waals surface area contributed by atoms with Crippen molar-refractivity contribution in [2.24, 2.45) is 7.05 Å². The number of hydrogen-bond donors (Lipinski definition) is 1. The quantitative estimate of drug-likeness (QED) is 0.726. The summed E-state index contributed by atoms with van der Waals surface area (Å²) in [6.07, 6.45) is 3.32. The van der Waals surface area contributed by atoms with E-state index < -0.39 is 5.91 Å². The molecule has 0 saturated carbocycles. The predicted molar refractivity (Wildman–Crippen MR) is 91.3 cm³/mol. The zero-order valence-corrected chi connectivity index (χ0v) is 13.2. The molecule has 0 radical (unpaired) electrons. The SMILES string of the molecule is Cn1cccc(C(=O)NCCOc2cccc3cccnc23)c1=O. The van der Waals surface area contributed by atoms with E-state index in [2.05, 4.69) is 10.3 Å². The molecule has 1 amide bonds. The molecular formula is C18H17N3O3. The van der Waals surface area contributed by atoms with Crippen LogP contribution in [0.4, 0.5) is 0 Å². The number of nitrogens with zero attached hydrogens (tertiary/aromatic N) is 2. The first-order valence-corrected chi connectivity index (χ1v) is 7.57. The molecule has 0 aliphatic rings. The summed E-state index contributed by atoms with van der Waals surface area (Å²) < 4.78 is 7.07. The molecule has 0 aliphatic heterocycles. The number of hydrogen-bond acceptors (Lipinski definition) is 4. The van der Waals surface area contributed by atoms with Crippen LogP contribution in [-0.2, 0) is 7.05 Å². The van der Waals surface area contributed by atoms with Crippen molar-refractivity contribution in [2.75, 3.05) is 13.2 Å². The number of nitrogens with one attached hydrogen (secondary N) is 1. The van der Waals surface area contributed by atoms with Gasteiger partial charge in [0.2, 0.25) is 0 Å². The van der Waals surface area contributed by atoms with Crippen molar-refractivity contribution in [1.29, 1.82) is 0 Å². The first-order chi connectivity index (χ1) is 11.7. The highest BCUT2D eigenvalue weighted by molar-refractivity contribution is 5.93. The molecule has 1 N–H and O–H groups in total. The summed E-state index contributed by atoms with van der Waals surface area (Å²) in [5, 5.41) is 3.68. The van der Waals surface area contributed by atoms with Crippen LogP contribution in [0.5, 0.6) is 5.75 Å². The molecule has 0 unspecified atom stereocenters. The normalized spacial score (nSPS) is 10.5. The van der Waals surface area contributed by atoms with Crippen LogP contribution < -0.4 is 15.6 Å². The van der Waals surface area contributed by atoms with Crippen molar-refractivity contribution in [3.63, 3.8) is 0 Å². The summed E-state index contributed by atoms with van der Waals surface area (Å²) in [6.45, 7) is 0.578. The van der Waals surface area contributed by atoms with Gasteiger partial charge in [-0.3, -0.25) is 14.6 Å². The molecule has 0 bridgehead atoms. The number of rotatable bonds is 5. The average Bonchev–Trinajstić information content (AvgIpc) is 2.61. The molecule has 122 valence electrons. The molecular weight excluding hydrogens is 306 g/mol. The summed E-state index contributed by atoms with van der Waals surface area (Å²) in [7, 11) is 1.61. The average molecular weight is 323 g/mol. The zero-order chi connectivity index (χ0) is 16.9. The van der Waals surface area contributed by atoms with Crippen molar-refractivity contribution in [3.05, 3.63) is 70.8 Å². The molecule has 6 heteroatoms. The number of benzene rings is 1. The van der Waals surface area contributed by atoms with Gasteiger partial charge in [-0.05, 0) is 24.3 Å². The van der Waals surface area contributed by atoms with Crippen molar-refractivity contribution in [3.8, 4) is 5.75 Å². The third kappa shape index (κ3) is 3.27. The largest absolute Gasteiger partial charge is 0.489 e. The van der Waals surface area contributed by atoms with Crippen LogP contribution in [0.2, 0.25) is 0 Å². The molecule has 0 fully saturated rings. The highest BCUT2D eigenvalue weighted by Gasteiger charge is 2.10. The fraction of sp³-hybridized carbons (Fsp3) is 0.167. The van der Waals surface area contributed by atoms with Crippen molar-refractivity contribution in [2.45, 2.75) is 0 Å². The minimum Gasteiger partial charge on any atom is -0.489 e. The van der Waals surface area contributed by atoms with Gasteiger partial charge in [0, 0.05) is 24.8 Å². The summed E-state index contributed by atoms with van der Waals surface area (Å²) in [5.74, 6) is 0.258. The molecule has 0 saturated heterocycles. The van der Waals surface area contributed by atoms with Crippen LogP contribution in [0, 0.1) is 0 Å². The van der Waals surface area contributed by atoms with Gasteiger partial charge in [0.25, 0.3) is 11.5 Å². The lowest BCUT2D eigenvalue weighted by Crippen LogP contribution is -2.34. The van der Waals surface area contributed by atoms with Gasteiger partial charge < -0.3 is 14.6 Å².